The molecular weight excluding hydrogens is 192 g/mol. The monoisotopic (exact) mass is 214 g/mol. The van der Waals surface area contributed by atoms with Crippen LogP contribution in [0.15, 0.2) is 0 Å². The van der Waals surface area contributed by atoms with Crippen molar-refractivity contribution < 1.29 is 9.53 Å². The maximum absolute atomic E-state index is 11.3. The largest absolute Gasteiger partial charge is 0.372 e. The summed E-state index contributed by atoms with van der Waals surface area (Å²) in [5.74, 6) is -0.000182. The first-order valence-corrected chi connectivity index (χ1v) is 5.90. The molecule has 0 spiro atoms. The molecule has 0 aromatic rings. The van der Waals surface area contributed by atoms with Crippen LogP contribution in [0.1, 0.15) is 32.6 Å². The average molecular weight is 214 g/mol. The van der Waals surface area contributed by atoms with Gasteiger partial charge in [-0.05, 0) is 25.8 Å². The number of rotatable bonds is 7. The first-order valence-electron chi connectivity index (χ1n) is 5.90. The van der Waals surface area contributed by atoms with Crippen LogP contribution in [0.25, 0.3) is 0 Å². The molecule has 1 unspecified atom stereocenters. The molecule has 1 atom stereocenters. The molecule has 4 heteroatoms. The quantitative estimate of drug-likeness (QED) is 0.612. The van der Waals surface area contributed by atoms with Crippen LogP contribution in [0.4, 0.5) is 0 Å². The van der Waals surface area contributed by atoms with Gasteiger partial charge in [0.1, 0.15) is 6.61 Å². The molecule has 1 heterocycles. The van der Waals surface area contributed by atoms with Crippen LogP contribution < -0.4 is 10.6 Å². The third-order valence-electron chi connectivity index (χ3n) is 2.58. The second-order valence-corrected chi connectivity index (χ2v) is 4.00. The van der Waals surface area contributed by atoms with Crippen molar-refractivity contribution in [3.05, 3.63) is 0 Å². The van der Waals surface area contributed by atoms with Gasteiger partial charge in [-0.15, -0.1) is 0 Å². The Hall–Kier alpha value is -0.610. The summed E-state index contributed by atoms with van der Waals surface area (Å²) in [4.78, 5) is 11.3. The molecule has 0 aliphatic carbocycles. The molecule has 1 fully saturated rings. The van der Waals surface area contributed by atoms with Gasteiger partial charge in [-0.25, -0.2) is 0 Å². The highest BCUT2D eigenvalue weighted by Crippen LogP contribution is 2.02. The van der Waals surface area contributed by atoms with E-state index in [0.717, 1.165) is 32.4 Å². The number of hydrogen-bond donors (Lipinski definition) is 2. The van der Waals surface area contributed by atoms with Crippen molar-refractivity contribution in [2.24, 2.45) is 0 Å². The van der Waals surface area contributed by atoms with E-state index in [1.54, 1.807) is 0 Å². The van der Waals surface area contributed by atoms with Crippen LogP contribution in [0.5, 0.6) is 0 Å². The Morgan fingerprint density at radius 2 is 2.47 bits per heavy atom. The van der Waals surface area contributed by atoms with E-state index in [0.29, 0.717) is 12.6 Å². The predicted molar refractivity (Wildman–Crippen MR) is 59.8 cm³/mol. The fourth-order valence-corrected chi connectivity index (χ4v) is 1.63. The Kier molecular flexibility index (Phi) is 6.36. The minimum absolute atomic E-state index is 0.000182. The van der Waals surface area contributed by atoms with Crippen molar-refractivity contribution in [1.29, 1.82) is 0 Å². The molecule has 2 N–H and O–H groups in total. The van der Waals surface area contributed by atoms with Gasteiger partial charge >= 0.3 is 0 Å². The summed E-state index contributed by atoms with van der Waals surface area (Å²) >= 11 is 0. The smallest absolute Gasteiger partial charge is 0.246 e. The van der Waals surface area contributed by atoms with Crippen molar-refractivity contribution in [2.45, 2.75) is 38.6 Å². The molecule has 0 saturated carbocycles. The maximum Gasteiger partial charge on any atom is 0.246 e. The van der Waals surface area contributed by atoms with Gasteiger partial charge in [0.25, 0.3) is 0 Å². The third kappa shape index (κ3) is 5.74. The van der Waals surface area contributed by atoms with Crippen LogP contribution in [0.2, 0.25) is 0 Å². The van der Waals surface area contributed by atoms with Gasteiger partial charge in [-0.3, -0.25) is 4.79 Å². The molecule has 1 aliphatic heterocycles. The molecule has 1 rings (SSSR count). The normalized spacial score (nSPS) is 20.5. The molecular formula is C11H22N2O2. The lowest BCUT2D eigenvalue weighted by atomic mass is 10.2. The number of carbonyl (C=O) groups excluding carboxylic acids is 1. The molecule has 0 aromatic carbocycles. The lowest BCUT2D eigenvalue weighted by Gasteiger charge is -2.11. The van der Waals surface area contributed by atoms with Gasteiger partial charge in [0.15, 0.2) is 0 Å². The van der Waals surface area contributed by atoms with Gasteiger partial charge in [0, 0.05) is 19.2 Å². The Labute approximate surface area is 91.8 Å². The van der Waals surface area contributed by atoms with E-state index in [1.165, 1.54) is 6.42 Å². The van der Waals surface area contributed by atoms with E-state index in [2.05, 4.69) is 17.6 Å². The SMILES string of the molecule is CCCCOCC(=O)NCC1CCCN1. The summed E-state index contributed by atoms with van der Waals surface area (Å²) in [5, 5.41) is 6.21. The number of hydrogen-bond acceptors (Lipinski definition) is 3. The number of ether oxygens (including phenoxy) is 1. The molecule has 88 valence electrons. The second kappa shape index (κ2) is 7.65. The topological polar surface area (TPSA) is 50.4 Å². The Morgan fingerprint density at radius 3 is 3.13 bits per heavy atom. The van der Waals surface area contributed by atoms with Crippen molar-refractivity contribution in [3.8, 4) is 0 Å². The summed E-state index contributed by atoms with van der Waals surface area (Å²) in [6.45, 7) is 4.80. The van der Waals surface area contributed by atoms with E-state index < -0.39 is 0 Å². The van der Waals surface area contributed by atoms with Crippen molar-refractivity contribution >= 4 is 5.91 Å². The minimum Gasteiger partial charge on any atom is -0.372 e. The van der Waals surface area contributed by atoms with Gasteiger partial charge in [-0.2, -0.15) is 0 Å². The van der Waals surface area contributed by atoms with E-state index in [1.807, 2.05) is 0 Å². The average Bonchev–Trinajstić information content (AvgIpc) is 2.74. The fourth-order valence-electron chi connectivity index (χ4n) is 1.63. The van der Waals surface area contributed by atoms with Gasteiger partial charge < -0.3 is 15.4 Å². The Morgan fingerprint density at radius 1 is 1.60 bits per heavy atom. The number of carbonyl (C=O) groups is 1. The zero-order valence-corrected chi connectivity index (χ0v) is 9.55. The summed E-state index contributed by atoms with van der Waals surface area (Å²) in [6, 6.07) is 0.463. The molecule has 0 bridgehead atoms. The predicted octanol–water partition coefficient (Wildman–Crippen LogP) is 0.671. The van der Waals surface area contributed by atoms with Crippen LogP contribution in [-0.4, -0.2) is 38.3 Å². The van der Waals surface area contributed by atoms with Crippen LogP contribution in [0, 0.1) is 0 Å². The highest BCUT2D eigenvalue weighted by Gasteiger charge is 2.14. The van der Waals surface area contributed by atoms with Crippen molar-refractivity contribution in [1.82, 2.24) is 10.6 Å². The zero-order chi connectivity index (χ0) is 10.9. The van der Waals surface area contributed by atoms with E-state index in [-0.39, 0.29) is 12.5 Å². The molecule has 1 saturated heterocycles. The number of nitrogens with one attached hydrogen (secondary N) is 2. The van der Waals surface area contributed by atoms with Gasteiger partial charge in [0.2, 0.25) is 5.91 Å². The van der Waals surface area contributed by atoms with Crippen LogP contribution >= 0.6 is 0 Å². The molecule has 0 radical (unpaired) electrons. The highest BCUT2D eigenvalue weighted by molar-refractivity contribution is 5.77. The summed E-state index contributed by atoms with van der Waals surface area (Å²) in [7, 11) is 0. The lowest BCUT2D eigenvalue weighted by Crippen LogP contribution is -2.38. The second-order valence-electron chi connectivity index (χ2n) is 4.00. The lowest BCUT2D eigenvalue weighted by molar-refractivity contribution is -0.125. The first-order chi connectivity index (χ1) is 7.33. The molecule has 4 nitrogen and oxygen atoms in total. The summed E-state index contributed by atoms with van der Waals surface area (Å²) in [6.07, 6.45) is 4.51. The Bertz CT molecular complexity index is 179. The molecule has 1 aliphatic rings. The molecule has 1 amide bonds. The molecule has 15 heavy (non-hydrogen) atoms. The van der Waals surface area contributed by atoms with E-state index in [4.69, 9.17) is 4.74 Å². The maximum atomic E-state index is 11.3. The van der Waals surface area contributed by atoms with Crippen LogP contribution in [-0.2, 0) is 9.53 Å². The number of amides is 1. The standard InChI is InChI=1S/C11H22N2O2/c1-2-3-7-15-9-11(14)13-8-10-5-4-6-12-10/h10,12H,2-9H2,1H3,(H,13,14). The highest BCUT2D eigenvalue weighted by atomic mass is 16.5. The summed E-state index contributed by atoms with van der Waals surface area (Å²) in [5.41, 5.74) is 0. The van der Waals surface area contributed by atoms with E-state index in [9.17, 15) is 4.79 Å². The minimum atomic E-state index is -0.000182. The van der Waals surface area contributed by atoms with E-state index >= 15 is 0 Å². The van der Waals surface area contributed by atoms with Crippen molar-refractivity contribution in [3.63, 3.8) is 0 Å². The van der Waals surface area contributed by atoms with Crippen LogP contribution in [0.3, 0.4) is 0 Å². The Balaban J connectivity index is 1.93. The zero-order valence-electron chi connectivity index (χ0n) is 9.55. The summed E-state index contributed by atoms with van der Waals surface area (Å²) < 4.78 is 5.22. The fraction of sp³-hybridized carbons (Fsp3) is 0.909. The number of unbranched alkanes of at least 4 members (excludes halogenated alkanes) is 1. The van der Waals surface area contributed by atoms with Gasteiger partial charge in [-0.1, -0.05) is 13.3 Å². The van der Waals surface area contributed by atoms with Crippen molar-refractivity contribution in [2.75, 3.05) is 26.3 Å². The third-order valence-corrected chi connectivity index (χ3v) is 2.58. The van der Waals surface area contributed by atoms with Gasteiger partial charge in [0.05, 0.1) is 0 Å². The molecule has 0 aromatic heterocycles. The first kappa shape index (κ1) is 12.5.